The Morgan fingerprint density at radius 2 is 2.06 bits per heavy atom. The van der Waals surface area contributed by atoms with Crippen LogP contribution in [0.2, 0.25) is 0 Å². The first-order chi connectivity index (χ1) is 15.6. The van der Waals surface area contributed by atoms with Crippen molar-refractivity contribution in [3.63, 3.8) is 0 Å². The van der Waals surface area contributed by atoms with Crippen molar-refractivity contribution in [1.29, 1.82) is 5.41 Å². The van der Waals surface area contributed by atoms with Crippen LogP contribution in [0.1, 0.15) is 51.3 Å². The van der Waals surface area contributed by atoms with Gasteiger partial charge >= 0.3 is 0 Å². The number of allylic oxidation sites excluding steroid dienone is 1. The van der Waals surface area contributed by atoms with Gasteiger partial charge in [-0.15, -0.1) is 0 Å². The molecule has 0 radical (unpaired) electrons. The van der Waals surface area contributed by atoms with Gasteiger partial charge in [0.1, 0.15) is 0 Å². The second-order valence-corrected chi connectivity index (χ2v) is 8.28. The van der Waals surface area contributed by atoms with Crippen molar-refractivity contribution in [1.82, 2.24) is 29.7 Å². The highest BCUT2D eigenvalue weighted by Gasteiger charge is 2.29. The van der Waals surface area contributed by atoms with E-state index in [9.17, 15) is 5.11 Å². The predicted octanol–water partition coefficient (Wildman–Crippen LogP) is 3.08. The number of aliphatic hydroxyl groups is 1. The molecule has 9 heteroatoms. The molecule has 170 valence electrons. The van der Waals surface area contributed by atoms with Crippen LogP contribution >= 0.6 is 0 Å². The molecule has 0 saturated carbocycles. The highest BCUT2D eigenvalue weighted by atomic mass is 16.5. The molecule has 0 amide bonds. The van der Waals surface area contributed by atoms with E-state index in [1.54, 1.807) is 16.9 Å². The lowest BCUT2D eigenvalue weighted by molar-refractivity contribution is -0.0599. The van der Waals surface area contributed by atoms with Crippen molar-refractivity contribution in [3.8, 4) is 11.3 Å². The molecule has 0 bridgehead atoms. The molecule has 1 aliphatic heterocycles. The molecule has 9 nitrogen and oxygen atoms in total. The molecular formula is C23H31N7O2. The number of aromatic nitrogens is 5. The minimum absolute atomic E-state index is 0.352. The molecule has 3 N–H and O–H groups in total. The van der Waals surface area contributed by atoms with E-state index in [-0.39, 0.29) is 0 Å². The molecule has 0 aromatic carbocycles. The van der Waals surface area contributed by atoms with E-state index in [2.05, 4.69) is 29.4 Å². The summed E-state index contributed by atoms with van der Waals surface area (Å²) < 4.78 is 9.11. The van der Waals surface area contributed by atoms with Crippen LogP contribution in [0.15, 0.2) is 37.1 Å². The summed E-state index contributed by atoms with van der Waals surface area (Å²) in [6.45, 7) is 5.84. The summed E-state index contributed by atoms with van der Waals surface area (Å²) in [5.41, 5.74) is 2.99. The maximum absolute atomic E-state index is 10.7. The zero-order valence-corrected chi connectivity index (χ0v) is 18.7. The molecule has 3 aromatic rings. The number of nitrogens with zero attached hydrogens (tertiary/aromatic N) is 5. The van der Waals surface area contributed by atoms with Crippen molar-refractivity contribution in [3.05, 3.63) is 42.7 Å². The molecule has 4 rings (SSSR count). The van der Waals surface area contributed by atoms with Crippen LogP contribution in [0.25, 0.3) is 22.3 Å². The Hall–Kier alpha value is -3.04. The highest BCUT2D eigenvalue weighted by molar-refractivity contribution is 6.07. The lowest BCUT2D eigenvalue weighted by Crippen LogP contribution is -2.43. The van der Waals surface area contributed by atoms with Crippen molar-refractivity contribution in [2.24, 2.45) is 0 Å². The Bertz CT molecular complexity index is 1090. The molecule has 1 saturated heterocycles. The standard InChI is InChI=1S/C23H31N7O2/c1-3-19(4-2)29-14-18(13-27-29)22-21-5-8-26-30(21)15-20(28-22)17(11-24)12-25-16-23(31)6-9-32-10-7-23/h5,8,11-15,19,24-25,31H,3-4,6-7,9-10,16H2,1-2H3/b17-12+,24-11?. The summed E-state index contributed by atoms with van der Waals surface area (Å²) in [6.07, 6.45) is 13.6. The first-order valence-corrected chi connectivity index (χ1v) is 11.2. The number of nitrogens with one attached hydrogen (secondary N) is 2. The van der Waals surface area contributed by atoms with Crippen LogP contribution in [0.4, 0.5) is 0 Å². The van der Waals surface area contributed by atoms with Gasteiger partial charge in [-0.25, -0.2) is 9.50 Å². The average molecular weight is 438 g/mol. The fourth-order valence-corrected chi connectivity index (χ4v) is 4.07. The lowest BCUT2D eigenvalue weighted by atomic mass is 9.94. The topological polar surface area (TPSA) is 113 Å². The van der Waals surface area contributed by atoms with Crippen molar-refractivity contribution in [2.45, 2.75) is 51.2 Å². The zero-order chi connectivity index (χ0) is 22.6. The van der Waals surface area contributed by atoms with E-state index >= 15 is 0 Å². The Balaban J connectivity index is 1.63. The third-order valence-electron chi connectivity index (χ3n) is 6.14. The van der Waals surface area contributed by atoms with E-state index in [1.165, 1.54) is 6.21 Å². The third-order valence-corrected chi connectivity index (χ3v) is 6.14. The fraction of sp³-hybridized carbons (Fsp3) is 0.478. The van der Waals surface area contributed by atoms with E-state index in [1.807, 2.05) is 29.3 Å². The second kappa shape index (κ2) is 9.62. The average Bonchev–Trinajstić information content (AvgIpc) is 3.47. The van der Waals surface area contributed by atoms with Gasteiger partial charge in [-0.2, -0.15) is 10.2 Å². The van der Waals surface area contributed by atoms with Crippen LogP contribution in [0, 0.1) is 5.41 Å². The molecular weight excluding hydrogens is 406 g/mol. The molecule has 0 atom stereocenters. The van der Waals surface area contributed by atoms with Crippen LogP contribution in [0.5, 0.6) is 0 Å². The molecule has 0 aliphatic carbocycles. The minimum atomic E-state index is -0.796. The van der Waals surface area contributed by atoms with Gasteiger partial charge in [-0.05, 0) is 18.9 Å². The zero-order valence-electron chi connectivity index (χ0n) is 18.7. The van der Waals surface area contributed by atoms with E-state index < -0.39 is 5.60 Å². The van der Waals surface area contributed by atoms with Gasteiger partial charge in [0.05, 0.1) is 47.1 Å². The number of ether oxygens (including phenoxy) is 1. The number of fused-ring (bicyclic) bond motifs is 1. The Morgan fingerprint density at radius 1 is 1.28 bits per heavy atom. The van der Waals surface area contributed by atoms with Crippen molar-refractivity contribution >= 4 is 17.3 Å². The molecule has 0 spiro atoms. The summed E-state index contributed by atoms with van der Waals surface area (Å²) in [4.78, 5) is 4.87. The van der Waals surface area contributed by atoms with Crippen LogP contribution in [0.3, 0.4) is 0 Å². The normalized spacial score (nSPS) is 16.6. The number of hydrogen-bond acceptors (Lipinski definition) is 7. The summed E-state index contributed by atoms with van der Waals surface area (Å²) in [7, 11) is 0. The molecule has 1 fully saturated rings. The van der Waals surface area contributed by atoms with Crippen molar-refractivity contribution < 1.29 is 9.84 Å². The molecule has 0 unspecified atom stereocenters. The first-order valence-electron chi connectivity index (χ1n) is 11.2. The van der Waals surface area contributed by atoms with E-state index in [0.717, 1.165) is 29.6 Å². The summed E-state index contributed by atoms with van der Waals surface area (Å²) in [5.74, 6) is 0. The predicted molar refractivity (Wildman–Crippen MR) is 124 cm³/mol. The van der Waals surface area contributed by atoms with Gasteiger partial charge < -0.3 is 20.6 Å². The van der Waals surface area contributed by atoms with Crippen LogP contribution in [-0.4, -0.2) is 61.1 Å². The molecule has 1 aliphatic rings. The van der Waals surface area contributed by atoms with Crippen LogP contribution in [-0.2, 0) is 4.74 Å². The first kappa shape index (κ1) is 22.2. The smallest absolute Gasteiger partial charge is 0.0999 e. The molecule has 4 heterocycles. The van der Waals surface area contributed by atoms with Gasteiger partial charge in [0.25, 0.3) is 0 Å². The maximum atomic E-state index is 10.7. The quantitative estimate of drug-likeness (QED) is 0.444. The third kappa shape index (κ3) is 4.58. The largest absolute Gasteiger partial charge is 0.388 e. The highest BCUT2D eigenvalue weighted by Crippen LogP contribution is 2.26. The Labute approximate surface area is 187 Å². The Kier molecular flexibility index (Phi) is 6.66. The van der Waals surface area contributed by atoms with E-state index in [4.69, 9.17) is 15.1 Å². The summed E-state index contributed by atoms with van der Waals surface area (Å²) >= 11 is 0. The van der Waals surface area contributed by atoms with Crippen molar-refractivity contribution in [2.75, 3.05) is 19.8 Å². The molecule has 32 heavy (non-hydrogen) atoms. The molecule has 3 aromatic heterocycles. The monoisotopic (exact) mass is 437 g/mol. The second-order valence-electron chi connectivity index (χ2n) is 8.28. The summed E-state index contributed by atoms with van der Waals surface area (Å²) in [5, 5.41) is 30.7. The number of rotatable bonds is 9. The fourth-order valence-electron chi connectivity index (χ4n) is 4.07. The minimum Gasteiger partial charge on any atom is -0.388 e. The van der Waals surface area contributed by atoms with Gasteiger partial charge in [0, 0.05) is 62.3 Å². The van der Waals surface area contributed by atoms with Gasteiger partial charge in [-0.3, -0.25) is 4.68 Å². The Morgan fingerprint density at radius 3 is 2.78 bits per heavy atom. The van der Waals surface area contributed by atoms with Crippen LogP contribution < -0.4 is 5.32 Å². The number of hydrogen-bond donors (Lipinski definition) is 3. The summed E-state index contributed by atoms with van der Waals surface area (Å²) in [6, 6.07) is 2.28. The maximum Gasteiger partial charge on any atom is 0.0999 e. The van der Waals surface area contributed by atoms with Gasteiger partial charge in [0.2, 0.25) is 0 Å². The van der Waals surface area contributed by atoms with E-state index in [0.29, 0.717) is 49.9 Å². The SMILES string of the molecule is CCC(CC)n1cc(-c2nc(/C(C=N)=C/NCC3(O)CCOCC3)cn3nccc23)cn1. The lowest BCUT2D eigenvalue weighted by Gasteiger charge is -2.31. The van der Waals surface area contributed by atoms with Gasteiger partial charge in [-0.1, -0.05) is 13.8 Å². The van der Waals surface area contributed by atoms with Gasteiger partial charge in [0.15, 0.2) is 0 Å².